The SMILES string of the molecule is COC(=O)C(C)(N)CC(C)Sc1n[nH]c(=O)n1C(C)C. The van der Waals surface area contributed by atoms with Crippen molar-refractivity contribution in [2.45, 2.75) is 56.1 Å². The minimum absolute atomic E-state index is 0.0109. The van der Waals surface area contributed by atoms with Crippen LogP contribution in [0, 0.1) is 0 Å². The van der Waals surface area contributed by atoms with Gasteiger partial charge in [-0.15, -0.1) is 5.10 Å². The minimum Gasteiger partial charge on any atom is -0.468 e. The minimum atomic E-state index is -1.06. The van der Waals surface area contributed by atoms with Crippen molar-refractivity contribution >= 4 is 17.7 Å². The van der Waals surface area contributed by atoms with Crippen LogP contribution in [0.25, 0.3) is 0 Å². The molecule has 1 heterocycles. The second-order valence-electron chi connectivity index (χ2n) is 5.32. The fraction of sp³-hybridized carbons (Fsp3) is 0.750. The Morgan fingerprint density at radius 1 is 1.55 bits per heavy atom. The van der Waals surface area contributed by atoms with Crippen LogP contribution in [-0.4, -0.2) is 38.6 Å². The lowest BCUT2D eigenvalue weighted by Gasteiger charge is -2.24. The van der Waals surface area contributed by atoms with Crippen molar-refractivity contribution < 1.29 is 9.53 Å². The van der Waals surface area contributed by atoms with Crippen molar-refractivity contribution in [1.82, 2.24) is 14.8 Å². The molecule has 2 atom stereocenters. The molecule has 1 aromatic heterocycles. The topological polar surface area (TPSA) is 103 Å². The van der Waals surface area contributed by atoms with Gasteiger partial charge in [0, 0.05) is 11.3 Å². The van der Waals surface area contributed by atoms with Gasteiger partial charge in [0.2, 0.25) is 0 Å². The Morgan fingerprint density at radius 3 is 2.65 bits per heavy atom. The number of aromatic amines is 1. The van der Waals surface area contributed by atoms with Gasteiger partial charge in [-0.05, 0) is 27.2 Å². The predicted molar refractivity (Wildman–Crippen MR) is 77.8 cm³/mol. The number of nitrogens with two attached hydrogens (primary N) is 1. The van der Waals surface area contributed by atoms with Crippen LogP contribution in [0.4, 0.5) is 0 Å². The third-order valence-corrected chi connectivity index (χ3v) is 3.93. The Hall–Kier alpha value is -1.28. The molecule has 114 valence electrons. The number of H-pyrrole nitrogens is 1. The fourth-order valence-corrected chi connectivity index (χ4v) is 3.26. The lowest BCUT2D eigenvalue weighted by Crippen LogP contribution is -2.47. The van der Waals surface area contributed by atoms with Crippen LogP contribution >= 0.6 is 11.8 Å². The van der Waals surface area contributed by atoms with E-state index in [0.717, 1.165) is 0 Å². The van der Waals surface area contributed by atoms with E-state index in [1.807, 2.05) is 20.8 Å². The van der Waals surface area contributed by atoms with E-state index in [0.29, 0.717) is 11.6 Å². The van der Waals surface area contributed by atoms with E-state index in [-0.39, 0.29) is 17.0 Å². The number of rotatable bonds is 6. The highest BCUT2D eigenvalue weighted by Crippen LogP contribution is 2.27. The Kier molecular flexibility index (Phi) is 5.41. The van der Waals surface area contributed by atoms with E-state index >= 15 is 0 Å². The van der Waals surface area contributed by atoms with Crippen LogP contribution in [0.15, 0.2) is 9.95 Å². The molecule has 20 heavy (non-hydrogen) atoms. The third kappa shape index (κ3) is 3.86. The molecule has 0 aromatic carbocycles. The van der Waals surface area contributed by atoms with E-state index in [1.54, 1.807) is 11.5 Å². The zero-order chi connectivity index (χ0) is 15.5. The molecule has 0 bridgehead atoms. The Bertz CT molecular complexity index is 521. The summed E-state index contributed by atoms with van der Waals surface area (Å²) >= 11 is 1.41. The normalized spacial score (nSPS) is 15.9. The largest absolute Gasteiger partial charge is 0.468 e. The maximum atomic E-state index is 11.6. The van der Waals surface area contributed by atoms with Gasteiger partial charge < -0.3 is 10.5 Å². The van der Waals surface area contributed by atoms with Gasteiger partial charge in [-0.2, -0.15) is 0 Å². The Labute approximate surface area is 122 Å². The van der Waals surface area contributed by atoms with Gasteiger partial charge in [-0.3, -0.25) is 9.36 Å². The summed E-state index contributed by atoms with van der Waals surface area (Å²) in [6.07, 6.45) is 0.420. The summed E-state index contributed by atoms with van der Waals surface area (Å²) in [5.41, 5.74) is 4.65. The smallest absolute Gasteiger partial charge is 0.344 e. The van der Waals surface area contributed by atoms with Crippen LogP contribution in [0.2, 0.25) is 0 Å². The predicted octanol–water partition coefficient (Wildman–Crippen LogP) is 0.913. The molecule has 0 aliphatic carbocycles. The fourth-order valence-electron chi connectivity index (χ4n) is 1.96. The van der Waals surface area contributed by atoms with E-state index in [1.165, 1.54) is 18.9 Å². The third-order valence-electron chi connectivity index (χ3n) is 2.86. The highest BCUT2D eigenvalue weighted by atomic mass is 32.2. The molecule has 0 radical (unpaired) electrons. The molecule has 0 spiro atoms. The molecule has 0 amide bonds. The summed E-state index contributed by atoms with van der Waals surface area (Å²) in [4.78, 5) is 23.2. The van der Waals surface area contributed by atoms with Gasteiger partial charge in [-0.25, -0.2) is 9.89 Å². The van der Waals surface area contributed by atoms with Crippen molar-refractivity contribution in [3.8, 4) is 0 Å². The van der Waals surface area contributed by atoms with Gasteiger partial charge in [0.05, 0.1) is 7.11 Å². The summed E-state index contributed by atoms with van der Waals surface area (Å²) in [5.74, 6) is -0.451. The van der Waals surface area contributed by atoms with E-state index in [4.69, 9.17) is 5.73 Å². The van der Waals surface area contributed by atoms with Crippen LogP contribution in [0.1, 0.15) is 40.2 Å². The summed E-state index contributed by atoms with van der Waals surface area (Å²) in [7, 11) is 1.31. The molecule has 0 aliphatic heterocycles. The maximum Gasteiger partial charge on any atom is 0.344 e. The first-order chi connectivity index (χ1) is 9.19. The lowest BCUT2D eigenvalue weighted by molar-refractivity contribution is -0.146. The molecule has 1 aromatic rings. The molecular formula is C12H22N4O3S. The van der Waals surface area contributed by atoms with Crippen molar-refractivity contribution in [1.29, 1.82) is 0 Å². The molecular weight excluding hydrogens is 280 g/mol. The van der Waals surface area contributed by atoms with E-state index < -0.39 is 11.5 Å². The molecule has 2 unspecified atom stereocenters. The first kappa shape index (κ1) is 16.8. The van der Waals surface area contributed by atoms with Gasteiger partial charge in [0.15, 0.2) is 5.16 Å². The second kappa shape index (κ2) is 6.45. The number of hydrogen-bond acceptors (Lipinski definition) is 6. The van der Waals surface area contributed by atoms with Crippen molar-refractivity contribution in [2.24, 2.45) is 5.73 Å². The van der Waals surface area contributed by atoms with Gasteiger partial charge in [-0.1, -0.05) is 18.7 Å². The zero-order valence-corrected chi connectivity index (χ0v) is 13.3. The summed E-state index contributed by atoms with van der Waals surface area (Å²) in [6, 6.07) is 0.0146. The molecule has 8 heteroatoms. The second-order valence-corrected chi connectivity index (χ2v) is 6.72. The van der Waals surface area contributed by atoms with E-state index in [2.05, 4.69) is 14.9 Å². The number of thioether (sulfide) groups is 1. The quantitative estimate of drug-likeness (QED) is 0.598. The average Bonchev–Trinajstić information content (AvgIpc) is 2.68. The standard InChI is InChI=1S/C12H22N4O3S/c1-7(2)16-10(18)14-15-11(16)20-8(3)6-12(4,13)9(17)19-5/h7-8H,6,13H2,1-5H3,(H,14,18). The van der Waals surface area contributed by atoms with Gasteiger partial charge in [0.1, 0.15) is 5.54 Å². The monoisotopic (exact) mass is 302 g/mol. The van der Waals surface area contributed by atoms with E-state index in [9.17, 15) is 9.59 Å². The summed E-state index contributed by atoms with van der Waals surface area (Å²) < 4.78 is 6.26. The average molecular weight is 302 g/mol. The summed E-state index contributed by atoms with van der Waals surface area (Å²) in [6.45, 7) is 7.39. The van der Waals surface area contributed by atoms with Crippen LogP contribution < -0.4 is 11.4 Å². The first-order valence-electron chi connectivity index (χ1n) is 6.40. The number of nitrogens with zero attached hydrogens (tertiary/aromatic N) is 2. The zero-order valence-electron chi connectivity index (χ0n) is 12.5. The number of carbonyl (C=O) groups excluding carboxylic acids is 1. The molecule has 7 nitrogen and oxygen atoms in total. The maximum absolute atomic E-state index is 11.6. The number of methoxy groups -OCH3 is 1. The molecule has 0 fully saturated rings. The first-order valence-corrected chi connectivity index (χ1v) is 7.28. The van der Waals surface area contributed by atoms with Crippen LogP contribution in [0.3, 0.4) is 0 Å². The van der Waals surface area contributed by atoms with Gasteiger partial charge in [0.25, 0.3) is 0 Å². The Balaban J connectivity index is 2.80. The molecule has 0 saturated carbocycles. The van der Waals surface area contributed by atoms with Crippen molar-refractivity contribution in [3.05, 3.63) is 10.5 Å². The number of ether oxygens (including phenoxy) is 1. The molecule has 0 aliphatic rings. The highest BCUT2D eigenvalue weighted by molar-refractivity contribution is 7.99. The van der Waals surface area contributed by atoms with Crippen molar-refractivity contribution in [3.63, 3.8) is 0 Å². The van der Waals surface area contributed by atoms with Crippen LogP contribution in [-0.2, 0) is 9.53 Å². The van der Waals surface area contributed by atoms with Crippen molar-refractivity contribution in [2.75, 3.05) is 7.11 Å². The Morgan fingerprint density at radius 2 is 2.15 bits per heavy atom. The number of carbonyl (C=O) groups is 1. The molecule has 3 N–H and O–H groups in total. The number of nitrogens with one attached hydrogen (secondary N) is 1. The lowest BCUT2D eigenvalue weighted by atomic mass is 9.98. The van der Waals surface area contributed by atoms with Crippen LogP contribution in [0.5, 0.6) is 0 Å². The summed E-state index contributed by atoms with van der Waals surface area (Å²) in [5, 5.41) is 7.04. The highest BCUT2D eigenvalue weighted by Gasteiger charge is 2.32. The van der Waals surface area contributed by atoms with Gasteiger partial charge >= 0.3 is 11.7 Å². The molecule has 0 saturated heterocycles. The number of esters is 1. The molecule has 1 rings (SSSR count). The number of aromatic nitrogens is 3. The number of hydrogen-bond donors (Lipinski definition) is 2.